The molecule has 1 heterocycles. The van der Waals surface area contributed by atoms with Crippen LogP contribution >= 0.6 is 0 Å². The third-order valence-corrected chi connectivity index (χ3v) is 11.6. The summed E-state index contributed by atoms with van der Waals surface area (Å²) in [6, 6.07) is 0. The Morgan fingerprint density at radius 1 is 0.509 bits per heavy atom. The lowest BCUT2D eigenvalue weighted by Gasteiger charge is -2.30. The van der Waals surface area contributed by atoms with Gasteiger partial charge in [0.25, 0.3) is 0 Å². The minimum Gasteiger partial charge on any atom is -0.466 e. The molecular formula is C48H94N2O5. The first-order valence-corrected chi connectivity index (χ1v) is 24.5. The van der Waals surface area contributed by atoms with Crippen molar-refractivity contribution in [2.24, 2.45) is 0 Å². The molecule has 0 bridgehead atoms. The van der Waals surface area contributed by atoms with Gasteiger partial charge in [0.1, 0.15) is 6.10 Å². The number of hydrogen-bond acceptors (Lipinski definition) is 7. The predicted molar refractivity (Wildman–Crippen MR) is 234 cm³/mol. The van der Waals surface area contributed by atoms with Crippen LogP contribution in [0, 0.1) is 0 Å². The molecule has 0 aliphatic carbocycles. The molecule has 1 aliphatic rings. The first-order chi connectivity index (χ1) is 27.1. The van der Waals surface area contributed by atoms with E-state index in [9.17, 15) is 9.59 Å². The Labute approximate surface area is 342 Å². The third-order valence-electron chi connectivity index (χ3n) is 11.6. The average Bonchev–Trinajstić information content (AvgIpc) is 3.19. The number of unbranched alkanes of at least 4 members (excludes halogenated alkanes) is 24. The van der Waals surface area contributed by atoms with Crippen LogP contribution in [0.2, 0.25) is 0 Å². The van der Waals surface area contributed by atoms with E-state index in [0.29, 0.717) is 19.4 Å². The first kappa shape index (κ1) is 51.8. The normalized spacial score (nSPS) is 13.6. The molecule has 7 heteroatoms. The van der Waals surface area contributed by atoms with Crippen molar-refractivity contribution in [1.29, 1.82) is 0 Å². The fraction of sp³-hybridized carbons (Fsp3) is 0.958. The average molecular weight is 779 g/mol. The predicted octanol–water partition coefficient (Wildman–Crippen LogP) is 13.0. The summed E-state index contributed by atoms with van der Waals surface area (Å²) in [7, 11) is 0. The van der Waals surface area contributed by atoms with Gasteiger partial charge >= 0.3 is 11.9 Å². The maximum absolute atomic E-state index is 12.8. The number of carbonyl (C=O) groups excluding carboxylic acids is 2. The molecule has 1 aliphatic heterocycles. The Morgan fingerprint density at radius 3 is 1.44 bits per heavy atom. The van der Waals surface area contributed by atoms with E-state index < -0.39 is 0 Å². The first-order valence-electron chi connectivity index (χ1n) is 24.5. The van der Waals surface area contributed by atoms with Crippen LogP contribution in [0.5, 0.6) is 0 Å². The van der Waals surface area contributed by atoms with E-state index in [0.717, 1.165) is 97.4 Å². The van der Waals surface area contributed by atoms with Gasteiger partial charge in [0.2, 0.25) is 0 Å². The van der Waals surface area contributed by atoms with Crippen LogP contribution in [0.3, 0.4) is 0 Å². The summed E-state index contributed by atoms with van der Waals surface area (Å²) in [5.41, 5.74) is 0. The van der Waals surface area contributed by atoms with E-state index in [-0.39, 0.29) is 18.0 Å². The summed E-state index contributed by atoms with van der Waals surface area (Å²) in [6.07, 6.45) is 39.1. The van der Waals surface area contributed by atoms with Crippen molar-refractivity contribution in [2.45, 2.75) is 239 Å². The van der Waals surface area contributed by atoms with E-state index in [1.807, 2.05) is 0 Å². The van der Waals surface area contributed by atoms with Crippen LogP contribution in [0.4, 0.5) is 0 Å². The molecule has 1 saturated heterocycles. The highest BCUT2D eigenvalue weighted by atomic mass is 16.5. The van der Waals surface area contributed by atoms with Crippen molar-refractivity contribution in [3.05, 3.63) is 0 Å². The van der Waals surface area contributed by atoms with E-state index in [2.05, 4.69) is 30.6 Å². The minimum atomic E-state index is -0.00792. The maximum Gasteiger partial charge on any atom is 0.306 e. The number of nitrogens with zero attached hydrogens (tertiary/aromatic N) is 2. The van der Waals surface area contributed by atoms with E-state index in [1.165, 1.54) is 154 Å². The van der Waals surface area contributed by atoms with Crippen LogP contribution in [0.25, 0.3) is 0 Å². The van der Waals surface area contributed by atoms with Gasteiger partial charge in [0, 0.05) is 39.0 Å². The lowest BCUT2D eigenvalue weighted by atomic mass is 10.0. The van der Waals surface area contributed by atoms with Crippen molar-refractivity contribution in [3.63, 3.8) is 0 Å². The largest absolute Gasteiger partial charge is 0.466 e. The lowest BCUT2D eigenvalue weighted by molar-refractivity contribution is -0.150. The van der Waals surface area contributed by atoms with Crippen molar-refractivity contribution < 1.29 is 23.8 Å². The summed E-state index contributed by atoms with van der Waals surface area (Å²) in [5, 5.41) is 0. The molecule has 7 nitrogen and oxygen atoms in total. The molecule has 0 radical (unpaired) electrons. The molecular weight excluding hydrogens is 685 g/mol. The molecule has 0 aromatic heterocycles. The third kappa shape index (κ3) is 35.7. The van der Waals surface area contributed by atoms with Gasteiger partial charge in [-0.25, -0.2) is 0 Å². The van der Waals surface area contributed by atoms with Crippen molar-refractivity contribution in [2.75, 3.05) is 59.1 Å². The van der Waals surface area contributed by atoms with Gasteiger partial charge in [-0.05, 0) is 70.9 Å². The van der Waals surface area contributed by atoms with Gasteiger partial charge in [-0.3, -0.25) is 14.5 Å². The molecule has 326 valence electrons. The summed E-state index contributed by atoms with van der Waals surface area (Å²) in [5.74, 6) is 0.0291. The smallest absolute Gasteiger partial charge is 0.306 e. The van der Waals surface area contributed by atoms with E-state index in [4.69, 9.17) is 14.2 Å². The Balaban J connectivity index is 2.24. The number of ether oxygens (including phenoxy) is 3. The SMILES string of the molecule is CCCCCCCCCOC(=O)CCCCCCCN(CCCCCCCC(=O)OC(CCCCCCCC)CCCCCCCC)CCN1CCOCC1. The zero-order chi connectivity index (χ0) is 39.7. The summed E-state index contributed by atoms with van der Waals surface area (Å²) < 4.78 is 17.1. The number of esters is 2. The Morgan fingerprint density at radius 2 is 0.927 bits per heavy atom. The van der Waals surface area contributed by atoms with Gasteiger partial charge in [-0.2, -0.15) is 0 Å². The van der Waals surface area contributed by atoms with Gasteiger partial charge < -0.3 is 19.1 Å². The second-order valence-electron chi connectivity index (χ2n) is 16.9. The number of carbonyl (C=O) groups is 2. The standard InChI is InChI=1S/C48H94N2O5/c1-4-7-10-13-16-25-32-43-54-47(51)35-28-21-17-23-30-37-49(39-40-50-41-44-53-45-42-50)38-31-24-18-22-29-36-48(52)55-46(33-26-19-14-11-8-5-2)34-27-20-15-12-9-6-3/h46H,4-45H2,1-3H3. The second kappa shape index (κ2) is 41.0. The fourth-order valence-electron chi connectivity index (χ4n) is 7.84. The number of morpholine rings is 1. The van der Waals surface area contributed by atoms with Crippen LogP contribution in [-0.2, 0) is 23.8 Å². The molecule has 1 rings (SSSR count). The van der Waals surface area contributed by atoms with Crippen LogP contribution < -0.4 is 0 Å². The fourth-order valence-corrected chi connectivity index (χ4v) is 7.84. The minimum absolute atomic E-state index is 0.00792. The second-order valence-corrected chi connectivity index (χ2v) is 16.9. The molecule has 0 spiro atoms. The molecule has 0 N–H and O–H groups in total. The van der Waals surface area contributed by atoms with Gasteiger partial charge in [-0.1, -0.05) is 162 Å². The number of hydrogen-bond donors (Lipinski definition) is 0. The Bertz CT molecular complexity index is 804. The van der Waals surface area contributed by atoms with E-state index >= 15 is 0 Å². The molecule has 0 atom stereocenters. The Kier molecular flexibility index (Phi) is 38.6. The summed E-state index contributed by atoms with van der Waals surface area (Å²) in [4.78, 5) is 30.2. The molecule has 0 aromatic carbocycles. The lowest BCUT2D eigenvalue weighted by Crippen LogP contribution is -2.41. The maximum atomic E-state index is 12.8. The highest BCUT2D eigenvalue weighted by Gasteiger charge is 2.15. The monoisotopic (exact) mass is 779 g/mol. The molecule has 0 unspecified atom stereocenters. The summed E-state index contributed by atoms with van der Waals surface area (Å²) in [6.45, 7) is 15.8. The number of rotatable bonds is 42. The zero-order valence-electron chi connectivity index (χ0n) is 37.2. The van der Waals surface area contributed by atoms with Crippen molar-refractivity contribution in [1.82, 2.24) is 9.80 Å². The quantitative estimate of drug-likeness (QED) is 0.0451. The molecule has 0 aromatic rings. The van der Waals surface area contributed by atoms with Crippen molar-refractivity contribution in [3.8, 4) is 0 Å². The van der Waals surface area contributed by atoms with Gasteiger partial charge in [0.05, 0.1) is 19.8 Å². The Hall–Kier alpha value is -1.18. The van der Waals surface area contributed by atoms with Crippen LogP contribution in [0.1, 0.15) is 233 Å². The van der Waals surface area contributed by atoms with E-state index in [1.54, 1.807) is 0 Å². The van der Waals surface area contributed by atoms with Gasteiger partial charge in [0.15, 0.2) is 0 Å². The van der Waals surface area contributed by atoms with Gasteiger partial charge in [-0.15, -0.1) is 0 Å². The van der Waals surface area contributed by atoms with Crippen LogP contribution in [0.15, 0.2) is 0 Å². The molecule has 0 saturated carbocycles. The topological polar surface area (TPSA) is 68.3 Å². The highest BCUT2D eigenvalue weighted by molar-refractivity contribution is 5.69. The van der Waals surface area contributed by atoms with Crippen molar-refractivity contribution >= 4 is 11.9 Å². The molecule has 1 fully saturated rings. The molecule has 55 heavy (non-hydrogen) atoms. The zero-order valence-corrected chi connectivity index (χ0v) is 37.2. The highest BCUT2D eigenvalue weighted by Crippen LogP contribution is 2.19. The van der Waals surface area contributed by atoms with Crippen LogP contribution in [-0.4, -0.2) is 86.9 Å². The summed E-state index contributed by atoms with van der Waals surface area (Å²) >= 11 is 0. The molecule has 0 amide bonds.